The molecule has 104 valence electrons. The molecule has 1 aromatic carbocycles. The first-order chi connectivity index (χ1) is 9.25. The summed E-state index contributed by atoms with van der Waals surface area (Å²) in [7, 11) is 0. The first-order valence-electron chi connectivity index (χ1n) is 6.46. The van der Waals surface area contributed by atoms with E-state index in [0.717, 1.165) is 32.5 Å². The van der Waals surface area contributed by atoms with Gasteiger partial charge in [-0.05, 0) is 24.0 Å². The lowest BCUT2D eigenvalue weighted by molar-refractivity contribution is 0.248. The van der Waals surface area contributed by atoms with Gasteiger partial charge in [-0.2, -0.15) is 4.21 Å². The van der Waals surface area contributed by atoms with E-state index in [4.69, 9.17) is 4.55 Å². The van der Waals surface area contributed by atoms with Gasteiger partial charge in [-0.1, -0.05) is 36.4 Å². The van der Waals surface area contributed by atoms with E-state index in [9.17, 15) is 4.21 Å². The lowest BCUT2D eigenvalue weighted by Crippen LogP contribution is -2.30. The van der Waals surface area contributed by atoms with Gasteiger partial charge in [0, 0.05) is 19.6 Å². The van der Waals surface area contributed by atoms with Crippen molar-refractivity contribution in [1.29, 1.82) is 0 Å². The van der Waals surface area contributed by atoms with Crippen LogP contribution < -0.4 is 0 Å². The summed E-state index contributed by atoms with van der Waals surface area (Å²) >= 11 is -2.13. The second-order valence-corrected chi connectivity index (χ2v) is 5.21. The molecule has 0 bridgehead atoms. The van der Waals surface area contributed by atoms with Crippen molar-refractivity contribution in [1.82, 2.24) is 4.90 Å². The fourth-order valence-electron chi connectivity index (χ4n) is 2.25. The summed E-state index contributed by atoms with van der Waals surface area (Å²) in [6, 6.07) is 10.5. The highest BCUT2D eigenvalue weighted by atomic mass is 32.2. The summed E-state index contributed by atoms with van der Waals surface area (Å²) in [6.45, 7) is 3.19. The first-order valence-corrected chi connectivity index (χ1v) is 7.50. The van der Waals surface area contributed by atoms with Gasteiger partial charge in [0.05, 0.1) is 6.61 Å². The van der Waals surface area contributed by atoms with E-state index in [2.05, 4.69) is 39.4 Å². The zero-order chi connectivity index (χ0) is 13.5. The smallest absolute Gasteiger partial charge is 0.299 e. The molecule has 0 spiro atoms. The number of benzene rings is 1. The molecule has 0 radical (unpaired) electrons. The molecule has 1 N–H and O–H groups in total. The predicted octanol–water partition coefficient (Wildman–Crippen LogP) is 2.32. The van der Waals surface area contributed by atoms with E-state index < -0.39 is 11.4 Å². The van der Waals surface area contributed by atoms with Crippen LogP contribution in [-0.4, -0.2) is 39.9 Å². The topological polar surface area (TPSA) is 49.8 Å². The molecule has 0 amide bonds. The quantitative estimate of drug-likeness (QED) is 0.642. The van der Waals surface area contributed by atoms with Gasteiger partial charge in [-0.25, -0.2) is 0 Å². The van der Waals surface area contributed by atoms with Gasteiger partial charge in [-0.3, -0.25) is 13.6 Å². The summed E-state index contributed by atoms with van der Waals surface area (Å²) < 4.78 is 23.4. The van der Waals surface area contributed by atoms with E-state index in [1.165, 1.54) is 11.1 Å². The zero-order valence-corrected chi connectivity index (χ0v) is 11.6. The highest BCUT2D eigenvalue weighted by molar-refractivity contribution is 7.74. The molecule has 1 aliphatic rings. The van der Waals surface area contributed by atoms with Crippen molar-refractivity contribution in [3.05, 3.63) is 42.0 Å². The van der Waals surface area contributed by atoms with Gasteiger partial charge in [0.2, 0.25) is 0 Å². The second-order valence-electron chi connectivity index (χ2n) is 4.54. The maximum absolute atomic E-state index is 10.3. The van der Waals surface area contributed by atoms with Crippen LogP contribution in [0.5, 0.6) is 0 Å². The fourth-order valence-corrected chi connectivity index (χ4v) is 2.51. The number of nitrogens with zero attached hydrogens (tertiary/aromatic N) is 1. The van der Waals surface area contributed by atoms with Gasteiger partial charge in [0.25, 0.3) is 0 Å². The van der Waals surface area contributed by atoms with Crippen LogP contribution in [0.4, 0.5) is 0 Å². The Morgan fingerprint density at radius 3 is 2.74 bits per heavy atom. The Bertz CT molecular complexity index is 447. The van der Waals surface area contributed by atoms with Gasteiger partial charge >= 0.3 is 11.4 Å². The largest absolute Gasteiger partial charge is 0.301 e. The molecule has 0 aromatic heterocycles. The highest BCUT2D eigenvalue weighted by Crippen LogP contribution is 2.21. The minimum atomic E-state index is -2.13. The fraction of sp³-hybridized carbons (Fsp3) is 0.429. The Kier molecular flexibility index (Phi) is 5.72. The average Bonchev–Trinajstić information content (AvgIpc) is 2.45. The summed E-state index contributed by atoms with van der Waals surface area (Å²) in [5.41, 5.74) is 2.71. The second kappa shape index (κ2) is 7.55. The average molecular weight is 281 g/mol. The Morgan fingerprint density at radius 2 is 2.11 bits per heavy atom. The lowest BCUT2D eigenvalue weighted by Gasteiger charge is -2.26. The summed E-state index contributed by atoms with van der Waals surface area (Å²) in [6.07, 6.45) is 4.10. The van der Waals surface area contributed by atoms with Crippen molar-refractivity contribution in [2.45, 2.75) is 12.8 Å². The SMILES string of the molecule is O=S(O)OCCCN1CC=C(c2ccccc2)CC1. The lowest BCUT2D eigenvalue weighted by atomic mass is 9.99. The maximum atomic E-state index is 10.3. The van der Waals surface area contributed by atoms with E-state index in [0.29, 0.717) is 6.61 Å². The van der Waals surface area contributed by atoms with Gasteiger partial charge in [0.1, 0.15) is 0 Å². The van der Waals surface area contributed by atoms with Crippen LogP contribution in [0.1, 0.15) is 18.4 Å². The molecule has 4 nitrogen and oxygen atoms in total. The summed E-state index contributed by atoms with van der Waals surface area (Å²) in [5, 5.41) is 0. The molecule has 19 heavy (non-hydrogen) atoms. The Balaban J connectivity index is 1.75. The van der Waals surface area contributed by atoms with Gasteiger partial charge < -0.3 is 0 Å². The van der Waals surface area contributed by atoms with Gasteiger partial charge in [-0.15, -0.1) is 0 Å². The number of hydrogen-bond donors (Lipinski definition) is 1. The first kappa shape index (κ1) is 14.4. The molecule has 0 saturated heterocycles. The zero-order valence-electron chi connectivity index (χ0n) is 10.8. The van der Waals surface area contributed by atoms with E-state index >= 15 is 0 Å². The standard InChI is InChI=1S/C14H19NO3S/c16-19(17)18-12-4-9-15-10-7-14(8-11-15)13-5-2-1-3-6-13/h1-3,5-7H,4,8-12H2,(H,16,17). The predicted molar refractivity (Wildman–Crippen MR) is 76.8 cm³/mol. The van der Waals surface area contributed by atoms with Gasteiger partial charge in [0.15, 0.2) is 0 Å². The van der Waals surface area contributed by atoms with Crippen molar-refractivity contribution in [3.8, 4) is 0 Å². The minimum absolute atomic E-state index is 0.328. The van der Waals surface area contributed by atoms with Crippen LogP contribution in [0.15, 0.2) is 36.4 Å². The van der Waals surface area contributed by atoms with Crippen molar-refractivity contribution >= 4 is 16.9 Å². The van der Waals surface area contributed by atoms with Crippen molar-refractivity contribution in [2.75, 3.05) is 26.2 Å². The molecule has 1 unspecified atom stereocenters. The number of rotatable bonds is 6. The molecule has 0 aliphatic carbocycles. The summed E-state index contributed by atoms with van der Waals surface area (Å²) in [4.78, 5) is 2.33. The van der Waals surface area contributed by atoms with Crippen LogP contribution >= 0.6 is 0 Å². The highest BCUT2D eigenvalue weighted by Gasteiger charge is 2.12. The Labute approximate surface area is 116 Å². The Morgan fingerprint density at radius 1 is 1.32 bits per heavy atom. The van der Waals surface area contributed by atoms with Crippen molar-refractivity contribution < 1.29 is 12.9 Å². The van der Waals surface area contributed by atoms with Crippen molar-refractivity contribution in [2.24, 2.45) is 0 Å². The van der Waals surface area contributed by atoms with Crippen LogP contribution in [0.2, 0.25) is 0 Å². The van der Waals surface area contributed by atoms with Crippen molar-refractivity contribution in [3.63, 3.8) is 0 Å². The molecule has 1 aliphatic heterocycles. The molecule has 5 heteroatoms. The molecule has 1 aromatic rings. The van der Waals surface area contributed by atoms with Crippen LogP contribution in [0, 0.1) is 0 Å². The summed E-state index contributed by atoms with van der Waals surface area (Å²) in [5.74, 6) is 0. The molecular weight excluding hydrogens is 262 g/mol. The van der Waals surface area contributed by atoms with E-state index in [-0.39, 0.29) is 0 Å². The Hall–Kier alpha value is -1.01. The maximum Gasteiger partial charge on any atom is 0.301 e. The number of hydrogen-bond acceptors (Lipinski definition) is 3. The third-order valence-corrected chi connectivity index (χ3v) is 3.61. The van der Waals surface area contributed by atoms with Crippen LogP contribution in [-0.2, 0) is 15.5 Å². The molecule has 2 rings (SSSR count). The molecule has 1 atom stereocenters. The normalized spacial score (nSPS) is 18.1. The molecule has 1 heterocycles. The van der Waals surface area contributed by atoms with E-state index in [1.54, 1.807) is 0 Å². The molecule has 0 saturated carbocycles. The molecular formula is C14H19NO3S. The van der Waals surface area contributed by atoms with Crippen LogP contribution in [0.3, 0.4) is 0 Å². The minimum Gasteiger partial charge on any atom is -0.299 e. The van der Waals surface area contributed by atoms with Crippen LogP contribution in [0.25, 0.3) is 5.57 Å². The third-order valence-electron chi connectivity index (χ3n) is 3.24. The molecule has 0 fully saturated rings. The monoisotopic (exact) mass is 281 g/mol. The van der Waals surface area contributed by atoms with E-state index in [1.807, 2.05) is 6.07 Å². The third kappa shape index (κ3) is 4.87.